The first-order valence-electron chi connectivity index (χ1n) is 39.3. The zero-order chi connectivity index (χ0) is 92.3. The Morgan fingerprint density at radius 2 is 0.772 bits per heavy atom. The molecule has 35 heteroatoms. The van der Waals surface area contributed by atoms with Gasteiger partial charge in [0, 0.05) is 161 Å². The number of carbonyl (C=O) groups is 11. The van der Waals surface area contributed by atoms with E-state index in [-0.39, 0.29) is 134 Å². The molecular weight excluding hydrogens is 1690 g/mol. The summed E-state index contributed by atoms with van der Waals surface area (Å²) in [6.45, 7) is 27.7. The van der Waals surface area contributed by atoms with Crippen LogP contribution in [0.5, 0.6) is 0 Å². The number of amides is 11. The fraction of sp³-hybridized carbons (Fsp3) is 0.228. The summed E-state index contributed by atoms with van der Waals surface area (Å²) in [7, 11) is -1.78. The maximum absolute atomic E-state index is 13.6. The molecule has 0 unspecified atom stereocenters. The molecule has 15 N–H and O–H groups in total. The summed E-state index contributed by atoms with van der Waals surface area (Å²) in [5.74, 6) is -3.27. The summed E-state index contributed by atoms with van der Waals surface area (Å²) in [5, 5.41) is 17.4. The Bertz CT molecular complexity index is 5370. The Morgan fingerprint density at radius 1 is 0.402 bits per heavy atom. The highest BCUT2D eigenvalue weighted by atomic mass is 35.5. The van der Waals surface area contributed by atoms with Crippen LogP contribution in [0.3, 0.4) is 0 Å². The van der Waals surface area contributed by atoms with Crippen molar-refractivity contribution in [1.29, 1.82) is 0 Å². The number of para-hydroxylation sites is 1. The highest BCUT2D eigenvalue weighted by molar-refractivity contribution is 7.89. The van der Waals surface area contributed by atoms with Gasteiger partial charge >= 0.3 is 0 Å². The lowest BCUT2D eigenvalue weighted by molar-refractivity contribution is -0.129. The van der Waals surface area contributed by atoms with Gasteiger partial charge in [-0.2, -0.15) is 0 Å². The average Bonchev–Trinajstić information content (AvgIpc) is 0.851. The number of benzene rings is 6. The van der Waals surface area contributed by atoms with Crippen LogP contribution in [0.25, 0.3) is 0 Å². The lowest BCUT2D eigenvalue weighted by Crippen LogP contribution is -2.37. The SMILES string of the molecule is C.C=C1C=CN(CCNC(=O)c2c(N)cccc2F)C(=O)C1.C=C1C=CN(CCNC(=O)c2cc(C)ccc2N)C(=O)C1.C=C1C=CN(CCNC(=O)c2cc(Cl)ccc2N)C(=O)C1.C=C1C=CN(CCNC(=O)c2ccc(Cl)cc2N)C(=O)C1.C=C1C=CN(CCNS(=O)(=O)c2ccccc2)C(=O)C1.C=C1CC(=O)N(CCNC(=O)c2ccccc2NC)C=C1F. The average molecular weight is 1800 g/mol. The number of hydrogen-bond donors (Lipinski definition) is 11. The molecule has 0 bridgehead atoms. The molecular formula is C92H105Cl2F2N17O13S. The molecule has 127 heavy (non-hydrogen) atoms. The van der Waals surface area contributed by atoms with E-state index in [0.29, 0.717) is 121 Å². The van der Waals surface area contributed by atoms with Crippen LogP contribution in [0.1, 0.15) is 103 Å². The first kappa shape index (κ1) is 102. The molecule has 0 aromatic heterocycles. The zero-order valence-corrected chi connectivity index (χ0v) is 72.0. The molecule has 30 nitrogen and oxygen atoms in total. The fourth-order valence-electron chi connectivity index (χ4n) is 11.9. The zero-order valence-electron chi connectivity index (χ0n) is 69.7. The molecule has 11 amide bonds. The van der Waals surface area contributed by atoms with Gasteiger partial charge < -0.3 is 84.2 Å². The van der Waals surface area contributed by atoms with Crippen molar-refractivity contribution in [2.45, 2.75) is 57.8 Å². The van der Waals surface area contributed by atoms with Gasteiger partial charge in [0.2, 0.25) is 45.5 Å². The van der Waals surface area contributed by atoms with E-state index in [1.165, 1.54) is 57.2 Å². The van der Waals surface area contributed by atoms with Crippen molar-refractivity contribution in [2.24, 2.45) is 0 Å². The Labute approximate surface area is 747 Å². The standard InChI is InChI=1S/C16H18FN3O2.C16H19N3O2.2C15H16ClN3O2.C15H16FN3O2.C14H16N2O3S.CH4/c1-11-9-15(21)20(10-13(11)17)8-7-19-16(22)12-5-3-4-6-14(12)18-2;1-11-3-4-14(17)13(9-11)16(21)18-6-8-19-7-5-12(2)10-15(19)20;1-10-4-6-19(14(20)8-10)7-5-18-15(21)12-9-11(16)2-3-13(12)17;1-10-4-6-19(14(20)8-10)7-5-18-15(21)12-3-2-11(16)9-13(12)17;1-10-5-7-19(13(20)9-10)8-6-18-15(21)14-11(16)3-2-4-12(14)17;1-12-7-9-16(14(17)11-12)10-8-15-20(18,19)13-5-3-2-4-6-13;/h3-6,10,18H,1,7-9H2,2H3,(H,19,22);3-5,7,9H,2,6,8,10,17H2,1H3,(H,18,21);2*2-4,6,9H,1,5,7-8,17H2,(H,18,21);2-5,7H,1,6,8-9,17H2,(H,18,21);2-7,9,15H,1,8,10-11H2;1H4. The van der Waals surface area contributed by atoms with E-state index in [1.54, 1.807) is 150 Å². The largest absolute Gasteiger partial charge is 0.398 e. The van der Waals surface area contributed by atoms with Crippen LogP contribution < -0.4 is 59.6 Å². The fourth-order valence-corrected chi connectivity index (χ4v) is 13.3. The van der Waals surface area contributed by atoms with Gasteiger partial charge in [-0.05, 0) is 156 Å². The van der Waals surface area contributed by atoms with Crippen molar-refractivity contribution in [3.63, 3.8) is 0 Å². The summed E-state index contributed by atoms with van der Waals surface area (Å²) >= 11 is 11.6. The van der Waals surface area contributed by atoms with Crippen molar-refractivity contribution < 1.29 is 69.9 Å². The highest BCUT2D eigenvalue weighted by Gasteiger charge is 2.26. The van der Waals surface area contributed by atoms with Crippen molar-refractivity contribution in [3.05, 3.63) is 323 Å². The van der Waals surface area contributed by atoms with E-state index in [2.05, 4.69) is 76.1 Å². The van der Waals surface area contributed by atoms with Crippen molar-refractivity contribution >= 4 is 127 Å². The summed E-state index contributed by atoms with van der Waals surface area (Å²) in [6, 6.07) is 34.1. The molecule has 0 saturated heterocycles. The van der Waals surface area contributed by atoms with Gasteiger partial charge in [0.15, 0.2) is 0 Å². The number of nitrogen functional groups attached to an aromatic ring is 4. The molecule has 0 aliphatic carbocycles. The number of nitrogens with two attached hydrogens (primary N) is 4. The van der Waals surface area contributed by atoms with E-state index in [4.69, 9.17) is 46.1 Å². The van der Waals surface area contributed by atoms with E-state index < -0.39 is 27.6 Å². The van der Waals surface area contributed by atoms with Gasteiger partial charge in [-0.1, -0.05) is 118 Å². The number of sulfonamides is 1. The smallest absolute Gasteiger partial charge is 0.256 e. The molecule has 6 heterocycles. The topological polar surface area (TPSA) is 430 Å². The number of aryl methyl sites for hydroxylation is 1. The maximum Gasteiger partial charge on any atom is 0.256 e. The molecule has 12 rings (SSSR count). The highest BCUT2D eigenvalue weighted by Crippen LogP contribution is 2.25. The van der Waals surface area contributed by atoms with Gasteiger partial charge in [-0.25, -0.2) is 21.9 Å². The van der Waals surface area contributed by atoms with E-state index in [0.717, 1.165) is 45.3 Å². The summed E-state index contributed by atoms with van der Waals surface area (Å²) < 4.78 is 53.4. The Hall–Kier alpha value is -14.3. The van der Waals surface area contributed by atoms with Crippen molar-refractivity contribution in [2.75, 3.05) is 114 Å². The normalized spacial score (nSPS) is 14.6. The number of nitrogens with zero attached hydrogens (tertiary/aromatic N) is 6. The minimum Gasteiger partial charge on any atom is -0.398 e. The second-order valence-electron chi connectivity index (χ2n) is 28.6. The molecule has 670 valence electrons. The lowest BCUT2D eigenvalue weighted by atomic mass is 10.1. The number of carbonyl (C=O) groups excluding carboxylic acids is 11. The monoisotopic (exact) mass is 1800 g/mol. The second-order valence-corrected chi connectivity index (χ2v) is 31.2. The number of anilines is 5. The van der Waals surface area contributed by atoms with Gasteiger partial charge in [-0.15, -0.1) is 0 Å². The number of halogens is 4. The lowest BCUT2D eigenvalue weighted by Gasteiger charge is -2.23. The number of hydrogen-bond acceptors (Lipinski definition) is 18. The van der Waals surface area contributed by atoms with Crippen LogP contribution in [-0.2, 0) is 38.8 Å². The van der Waals surface area contributed by atoms with E-state index in [1.807, 2.05) is 25.1 Å². The summed E-state index contributed by atoms with van der Waals surface area (Å²) in [6.07, 6.45) is 19.8. The van der Waals surface area contributed by atoms with Crippen LogP contribution in [0, 0.1) is 12.7 Å². The minimum absolute atomic E-state index is 0. The van der Waals surface area contributed by atoms with Crippen LogP contribution in [0.2, 0.25) is 10.0 Å². The van der Waals surface area contributed by atoms with Crippen LogP contribution >= 0.6 is 23.2 Å². The third kappa shape index (κ3) is 32.4. The number of rotatable bonds is 26. The summed E-state index contributed by atoms with van der Waals surface area (Å²) in [5.41, 5.74) is 31.3. The Kier molecular flexibility index (Phi) is 39.9. The molecule has 0 saturated carbocycles. The van der Waals surface area contributed by atoms with Crippen molar-refractivity contribution in [1.82, 2.24) is 60.7 Å². The molecule has 6 aromatic rings. The summed E-state index contributed by atoms with van der Waals surface area (Å²) in [4.78, 5) is 139. The first-order valence-corrected chi connectivity index (χ1v) is 41.5. The first-order chi connectivity index (χ1) is 59.9. The quantitative estimate of drug-likeness (QED) is 0.0225. The van der Waals surface area contributed by atoms with Gasteiger partial charge in [0.25, 0.3) is 29.5 Å². The maximum atomic E-state index is 13.6. The predicted octanol–water partition coefficient (Wildman–Crippen LogP) is 10.9. The van der Waals surface area contributed by atoms with Crippen LogP contribution in [0.15, 0.2) is 279 Å². The molecule has 0 atom stereocenters. The predicted molar refractivity (Wildman–Crippen MR) is 492 cm³/mol. The molecule has 6 aliphatic heterocycles. The van der Waals surface area contributed by atoms with Gasteiger partial charge in [0.1, 0.15) is 11.6 Å². The molecule has 6 aromatic carbocycles. The van der Waals surface area contributed by atoms with Gasteiger partial charge in [0.05, 0.1) is 71.2 Å². The third-order valence-electron chi connectivity index (χ3n) is 18.8. The van der Waals surface area contributed by atoms with Crippen molar-refractivity contribution in [3.8, 4) is 0 Å². The molecule has 0 radical (unpaired) electrons. The Morgan fingerprint density at radius 3 is 1.20 bits per heavy atom. The van der Waals surface area contributed by atoms with Gasteiger partial charge in [-0.3, -0.25) is 52.7 Å². The minimum atomic E-state index is -3.52. The number of allylic oxidation sites excluding steroid dienone is 6. The molecule has 0 fully saturated rings. The second kappa shape index (κ2) is 49.9. The molecule has 0 spiro atoms. The van der Waals surface area contributed by atoms with Crippen LogP contribution in [-0.4, -0.2) is 188 Å². The molecule has 6 aliphatic rings. The van der Waals surface area contributed by atoms with E-state index >= 15 is 0 Å². The Balaban J connectivity index is 0.000000235. The third-order valence-corrected chi connectivity index (χ3v) is 20.8. The van der Waals surface area contributed by atoms with Crippen LogP contribution in [0.4, 0.5) is 37.2 Å². The van der Waals surface area contributed by atoms with E-state index in [9.17, 15) is 69.9 Å². The number of nitrogens with one attached hydrogen (secondary N) is 7.